The quantitative estimate of drug-likeness (QED) is 0.817. The predicted molar refractivity (Wildman–Crippen MR) is 58.4 cm³/mol. The number of ether oxygens (including phenoxy) is 1. The van der Waals surface area contributed by atoms with Crippen molar-refractivity contribution in [2.75, 3.05) is 12.3 Å². The van der Waals surface area contributed by atoms with Crippen LogP contribution < -0.4 is 11.4 Å². The summed E-state index contributed by atoms with van der Waals surface area (Å²) >= 11 is 0. The van der Waals surface area contributed by atoms with Crippen molar-refractivity contribution in [1.82, 2.24) is 9.55 Å². The Balaban J connectivity index is 2.34. The number of nitrogen functional groups attached to an aromatic ring is 1. The van der Waals surface area contributed by atoms with Crippen molar-refractivity contribution in [1.29, 1.82) is 0 Å². The Bertz CT molecular complexity index is 524. The van der Waals surface area contributed by atoms with Crippen LogP contribution in [0.15, 0.2) is 17.1 Å². The smallest absolute Gasteiger partial charge is 0.351 e. The molecule has 1 aliphatic rings. The molecule has 0 bridgehead atoms. The van der Waals surface area contributed by atoms with Gasteiger partial charge < -0.3 is 15.6 Å². The molecule has 0 amide bonds. The van der Waals surface area contributed by atoms with Crippen LogP contribution in [0.5, 0.6) is 0 Å². The summed E-state index contributed by atoms with van der Waals surface area (Å²) in [4.78, 5) is 14.9. The van der Waals surface area contributed by atoms with E-state index >= 15 is 0 Å². The van der Waals surface area contributed by atoms with E-state index in [1.807, 2.05) is 0 Å². The van der Waals surface area contributed by atoms with Crippen molar-refractivity contribution >= 4 is 5.82 Å². The normalized spacial score (nSPS) is 31.0. The molecule has 3 atom stereocenters. The van der Waals surface area contributed by atoms with Crippen LogP contribution in [-0.4, -0.2) is 39.5 Å². The molecular formula is C10H12F3N3O3. The maximum Gasteiger partial charge on any atom is 0.351 e. The van der Waals surface area contributed by atoms with E-state index in [4.69, 9.17) is 15.6 Å². The number of hydrogen-bond acceptors (Lipinski definition) is 5. The van der Waals surface area contributed by atoms with Gasteiger partial charge in [-0.2, -0.15) is 4.98 Å². The zero-order chi connectivity index (χ0) is 14.2. The molecule has 0 aromatic carbocycles. The molecular weight excluding hydrogens is 267 g/mol. The molecule has 0 radical (unpaired) electrons. The predicted octanol–water partition coefficient (Wildman–Crippen LogP) is 0.0787. The van der Waals surface area contributed by atoms with Gasteiger partial charge >= 0.3 is 5.69 Å². The summed E-state index contributed by atoms with van der Waals surface area (Å²) < 4.78 is 45.1. The van der Waals surface area contributed by atoms with Crippen molar-refractivity contribution in [3.63, 3.8) is 0 Å². The topological polar surface area (TPSA) is 90.4 Å². The third-order valence-corrected chi connectivity index (χ3v) is 3.00. The number of nitrogens with zero attached hydrogens (tertiary/aromatic N) is 2. The fourth-order valence-electron chi connectivity index (χ4n) is 1.96. The van der Waals surface area contributed by atoms with Gasteiger partial charge in [0.25, 0.3) is 6.43 Å². The van der Waals surface area contributed by atoms with E-state index in [0.29, 0.717) is 0 Å². The maximum atomic E-state index is 13.8. The summed E-state index contributed by atoms with van der Waals surface area (Å²) in [6.45, 7) is -1.04. The third-order valence-electron chi connectivity index (χ3n) is 3.00. The number of anilines is 1. The summed E-state index contributed by atoms with van der Waals surface area (Å²) in [6.07, 6.45) is -6.08. The standard InChI is InChI=1S/C10H12F3N3O3/c11-5-3-10(4-17,8(12)13)19-7(5)16-2-1-6(14)15-9(16)18/h1-2,5,7-8,17H,3-4H2,(H2,14,15,18). The minimum absolute atomic E-state index is 0.0723. The second kappa shape index (κ2) is 4.82. The van der Waals surface area contributed by atoms with E-state index < -0.39 is 43.1 Å². The lowest BCUT2D eigenvalue weighted by molar-refractivity contribution is -0.171. The number of aliphatic hydroxyl groups excluding tert-OH is 1. The van der Waals surface area contributed by atoms with Gasteiger partial charge in [-0.15, -0.1) is 0 Å². The first kappa shape index (κ1) is 13.8. The van der Waals surface area contributed by atoms with Crippen LogP contribution in [0.4, 0.5) is 19.0 Å². The minimum atomic E-state index is -3.07. The van der Waals surface area contributed by atoms with Gasteiger partial charge in [0.05, 0.1) is 6.61 Å². The number of aliphatic hydroxyl groups is 1. The summed E-state index contributed by atoms with van der Waals surface area (Å²) in [5.74, 6) is -0.0723. The van der Waals surface area contributed by atoms with Crippen LogP contribution in [0, 0.1) is 0 Å². The monoisotopic (exact) mass is 279 g/mol. The number of rotatable bonds is 3. The molecule has 19 heavy (non-hydrogen) atoms. The molecule has 9 heteroatoms. The first-order valence-corrected chi connectivity index (χ1v) is 5.45. The lowest BCUT2D eigenvalue weighted by Gasteiger charge is -2.25. The van der Waals surface area contributed by atoms with Crippen LogP contribution in [0.1, 0.15) is 12.6 Å². The number of nitrogens with two attached hydrogens (primary N) is 1. The molecule has 0 aliphatic carbocycles. The average Bonchev–Trinajstić information content (AvgIpc) is 2.68. The minimum Gasteiger partial charge on any atom is -0.393 e. The molecule has 1 aliphatic heterocycles. The van der Waals surface area contributed by atoms with Crippen LogP contribution in [0.25, 0.3) is 0 Å². The Morgan fingerprint density at radius 1 is 1.68 bits per heavy atom. The molecule has 3 N–H and O–H groups in total. The van der Waals surface area contributed by atoms with Gasteiger partial charge in [-0.05, 0) is 6.07 Å². The average molecular weight is 279 g/mol. The lowest BCUT2D eigenvalue weighted by atomic mass is 10.0. The van der Waals surface area contributed by atoms with Crippen LogP contribution in [-0.2, 0) is 4.74 Å². The van der Waals surface area contributed by atoms with E-state index in [2.05, 4.69) is 4.98 Å². The SMILES string of the molecule is Nc1ccn(C2OC(CO)(C(F)F)CC2F)c(=O)n1. The van der Waals surface area contributed by atoms with Crippen LogP contribution in [0.2, 0.25) is 0 Å². The highest BCUT2D eigenvalue weighted by Crippen LogP contribution is 2.41. The largest absolute Gasteiger partial charge is 0.393 e. The maximum absolute atomic E-state index is 13.8. The summed E-state index contributed by atoms with van der Waals surface area (Å²) in [6, 6.07) is 1.22. The van der Waals surface area contributed by atoms with E-state index in [9.17, 15) is 18.0 Å². The van der Waals surface area contributed by atoms with Gasteiger partial charge in [0.1, 0.15) is 12.0 Å². The molecule has 1 saturated heterocycles. The highest BCUT2D eigenvalue weighted by atomic mass is 19.3. The Hall–Kier alpha value is -1.61. The zero-order valence-corrected chi connectivity index (χ0v) is 9.67. The van der Waals surface area contributed by atoms with E-state index in [1.54, 1.807) is 0 Å². The molecule has 2 heterocycles. The Morgan fingerprint density at radius 2 is 2.37 bits per heavy atom. The molecule has 1 fully saturated rings. The molecule has 3 unspecified atom stereocenters. The van der Waals surface area contributed by atoms with Crippen molar-refractivity contribution in [3.05, 3.63) is 22.7 Å². The summed E-state index contributed by atoms with van der Waals surface area (Å²) in [5, 5.41) is 8.99. The first-order chi connectivity index (χ1) is 8.89. The van der Waals surface area contributed by atoms with Crippen molar-refractivity contribution in [3.8, 4) is 0 Å². The van der Waals surface area contributed by atoms with Crippen molar-refractivity contribution in [2.24, 2.45) is 0 Å². The molecule has 2 rings (SSSR count). The molecule has 6 nitrogen and oxygen atoms in total. The molecule has 1 aromatic rings. The fraction of sp³-hybridized carbons (Fsp3) is 0.600. The van der Waals surface area contributed by atoms with E-state index in [-0.39, 0.29) is 5.82 Å². The second-order valence-corrected chi connectivity index (χ2v) is 4.29. The van der Waals surface area contributed by atoms with Crippen molar-refractivity contribution < 1.29 is 23.0 Å². The number of aromatic nitrogens is 2. The first-order valence-electron chi connectivity index (χ1n) is 5.45. The summed E-state index contributed by atoms with van der Waals surface area (Å²) in [7, 11) is 0. The van der Waals surface area contributed by atoms with Crippen molar-refractivity contribution in [2.45, 2.75) is 30.8 Å². The number of alkyl halides is 3. The van der Waals surface area contributed by atoms with Crippen LogP contribution in [0.3, 0.4) is 0 Å². The summed E-state index contributed by atoms with van der Waals surface area (Å²) in [5.41, 5.74) is 2.06. The number of halogens is 3. The highest BCUT2D eigenvalue weighted by molar-refractivity contribution is 5.23. The van der Waals surface area contributed by atoms with Gasteiger partial charge in [0.15, 0.2) is 11.8 Å². The van der Waals surface area contributed by atoms with E-state index in [0.717, 1.165) is 10.8 Å². The van der Waals surface area contributed by atoms with E-state index in [1.165, 1.54) is 6.07 Å². The van der Waals surface area contributed by atoms with Gasteiger partial charge in [-0.1, -0.05) is 0 Å². The zero-order valence-electron chi connectivity index (χ0n) is 9.67. The fourth-order valence-corrected chi connectivity index (χ4v) is 1.96. The second-order valence-electron chi connectivity index (χ2n) is 4.29. The molecule has 0 spiro atoms. The number of hydrogen-bond donors (Lipinski definition) is 2. The molecule has 1 aromatic heterocycles. The van der Waals surface area contributed by atoms with Gasteiger partial charge in [-0.3, -0.25) is 4.57 Å². The highest BCUT2D eigenvalue weighted by Gasteiger charge is 2.53. The lowest BCUT2D eigenvalue weighted by Crippen LogP contribution is -2.41. The molecule has 106 valence electrons. The van der Waals surface area contributed by atoms with Gasteiger partial charge in [0.2, 0.25) is 0 Å². The Morgan fingerprint density at radius 3 is 2.84 bits per heavy atom. The van der Waals surface area contributed by atoms with Gasteiger partial charge in [0, 0.05) is 12.6 Å². The Kier molecular flexibility index (Phi) is 3.50. The third kappa shape index (κ3) is 2.30. The van der Waals surface area contributed by atoms with Gasteiger partial charge in [-0.25, -0.2) is 18.0 Å². The Labute approximate surface area is 105 Å². The molecule has 0 saturated carbocycles. The van der Waals surface area contributed by atoms with Crippen LogP contribution >= 0.6 is 0 Å².